The van der Waals surface area contributed by atoms with Crippen molar-refractivity contribution >= 4 is 0 Å². The first kappa shape index (κ1) is 11.8. The average Bonchev–Trinajstić information content (AvgIpc) is 2.67. The van der Waals surface area contributed by atoms with Crippen LogP contribution < -0.4 is 5.32 Å². The van der Waals surface area contributed by atoms with Crippen LogP contribution in [0.2, 0.25) is 0 Å². The molecule has 0 aromatic heterocycles. The van der Waals surface area contributed by atoms with Crippen molar-refractivity contribution in [2.24, 2.45) is 5.92 Å². The molecule has 0 spiro atoms. The highest BCUT2D eigenvalue weighted by Crippen LogP contribution is 2.29. The van der Waals surface area contributed by atoms with Crippen LogP contribution in [0.15, 0.2) is 12.7 Å². The van der Waals surface area contributed by atoms with Crippen molar-refractivity contribution in [3.8, 4) is 0 Å². The summed E-state index contributed by atoms with van der Waals surface area (Å²) in [6.07, 6.45) is 11.7. The molecule has 0 amide bonds. The van der Waals surface area contributed by atoms with Gasteiger partial charge in [-0.2, -0.15) is 0 Å². The summed E-state index contributed by atoms with van der Waals surface area (Å²) in [5.74, 6) is 1.00. The van der Waals surface area contributed by atoms with Gasteiger partial charge in [0.1, 0.15) is 0 Å². The second-order valence-corrected chi connectivity index (χ2v) is 4.51. The van der Waals surface area contributed by atoms with Gasteiger partial charge in [0.2, 0.25) is 0 Å². The van der Waals surface area contributed by atoms with Gasteiger partial charge in [-0.15, -0.1) is 6.58 Å². The predicted molar refractivity (Wildman–Crippen MR) is 63.5 cm³/mol. The largest absolute Gasteiger partial charge is 0.314 e. The molecule has 1 nitrogen and oxygen atoms in total. The summed E-state index contributed by atoms with van der Waals surface area (Å²) in [6.45, 7) is 7.11. The molecule has 1 N–H and O–H groups in total. The molecule has 0 aromatic rings. The molecular weight excluding hydrogens is 170 g/mol. The molecule has 1 aliphatic rings. The lowest BCUT2D eigenvalue weighted by atomic mass is 9.95. The summed E-state index contributed by atoms with van der Waals surface area (Å²) < 4.78 is 0. The van der Waals surface area contributed by atoms with Gasteiger partial charge in [-0.3, -0.25) is 0 Å². The lowest BCUT2D eigenvalue weighted by Gasteiger charge is -2.20. The molecule has 14 heavy (non-hydrogen) atoms. The zero-order chi connectivity index (χ0) is 10.2. The molecule has 0 aromatic carbocycles. The number of hydrogen-bond donors (Lipinski definition) is 1. The molecule has 0 heterocycles. The Morgan fingerprint density at radius 2 is 2.14 bits per heavy atom. The van der Waals surface area contributed by atoms with E-state index in [2.05, 4.69) is 18.8 Å². The Kier molecular flexibility index (Phi) is 5.93. The van der Waals surface area contributed by atoms with Gasteiger partial charge < -0.3 is 5.32 Å². The zero-order valence-corrected chi connectivity index (χ0v) is 9.60. The summed E-state index contributed by atoms with van der Waals surface area (Å²) in [5, 5.41) is 3.60. The lowest BCUT2D eigenvalue weighted by molar-refractivity contribution is 0.377. The standard InChI is InChI=1S/C13H25N/c1-3-5-10-13(14-4-2)11-12-8-6-7-9-12/h3,12-14H,1,4-11H2,2H3. The van der Waals surface area contributed by atoms with E-state index in [1.54, 1.807) is 0 Å². The minimum Gasteiger partial charge on any atom is -0.314 e. The third-order valence-corrected chi connectivity index (χ3v) is 3.30. The molecule has 1 aliphatic carbocycles. The predicted octanol–water partition coefficient (Wildman–Crippen LogP) is 3.51. The second kappa shape index (κ2) is 7.05. The van der Waals surface area contributed by atoms with Crippen molar-refractivity contribution in [1.29, 1.82) is 0 Å². The van der Waals surface area contributed by atoms with Gasteiger partial charge in [-0.25, -0.2) is 0 Å². The second-order valence-electron chi connectivity index (χ2n) is 4.51. The number of nitrogens with one attached hydrogen (secondary N) is 1. The van der Waals surface area contributed by atoms with Crippen molar-refractivity contribution in [3.05, 3.63) is 12.7 Å². The maximum atomic E-state index is 3.80. The zero-order valence-electron chi connectivity index (χ0n) is 9.60. The molecule has 0 aliphatic heterocycles. The van der Waals surface area contributed by atoms with Crippen LogP contribution in [0.5, 0.6) is 0 Å². The summed E-state index contributed by atoms with van der Waals surface area (Å²) in [4.78, 5) is 0. The molecule has 1 saturated carbocycles. The SMILES string of the molecule is C=CCCC(CC1CCCC1)NCC. The molecule has 1 unspecified atom stereocenters. The molecule has 1 heteroatoms. The summed E-state index contributed by atoms with van der Waals surface area (Å²) in [7, 11) is 0. The molecule has 1 fully saturated rings. The first-order valence-electron chi connectivity index (χ1n) is 6.21. The van der Waals surface area contributed by atoms with Gasteiger partial charge in [0.15, 0.2) is 0 Å². The van der Waals surface area contributed by atoms with Crippen molar-refractivity contribution in [2.75, 3.05) is 6.54 Å². The highest BCUT2D eigenvalue weighted by Gasteiger charge is 2.18. The average molecular weight is 195 g/mol. The number of allylic oxidation sites excluding steroid dienone is 1. The lowest BCUT2D eigenvalue weighted by Crippen LogP contribution is -2.30. The molecule has 0 bridgehead atoms. The van der Waals surface area contributed by atoms with Crippen molar-refractivity contribution in [2.45, 2.75) is 57.9 Å². The van der Waals surface area contributed by atoms with Crippen molar-refractivity contribution < 1.29 is 0 Å². The Hall–Kier alpha value is -0.300. The van der Waals surface area contributed by atoms with E-state index in [-0.39, 0.29) is 0 Å². The molecule has 1 atom stereocenters. The van der Waals surface area contributed by atoms with Gasteiger partial charge >= 0.3 is 0 Å². The topological polar surface area (TPSA) is 12.0 Å². The van der Waals surface area contributed by atoms with E-state index in [1.807, 2.05) is 6.08 Å². The fourth-order valence-corrected chi connectivity index (χ4v) is 2.56. The molecule has 0 saturated heterocycles. The Balaban J connectivity index is 2.21. The minimum atomic E-state index is 0.737. The van der Waals surface area contributed by atoms with Gasteiger partial charge in [0, 0.05) is 6.04 Å². The highest BCUT2D eigenvalue weighted by atomic mass is 14.9. The van der Waals surface area contributed by atoms with Crippen molar-refractivity contribution in [3.63, 3.8) is 0 Å². The summed E-state index contributed by atoms with van der Waals surface area (Å²) in [6, 6.07) is 0.737. The molecular formula is C13H25N. The maximum Gasteiger partial charge on any atom is 0.00725 e. The van der Waals surface area contributed by atoms with Crippen LogP contribution in [0, 0.1) is 5.92 Å². The van der Waals surface area contributed by atoms with E-state index >= 15 is 0 Å². The van der Waals surface area contributed by atoms with Gasteiger partial charge in [0.25, 0.3) is 0 Å². The fourth-order valence-electron chi connectivity index (χ4n) is 2.56. The molecule has 0 radical (unpaired) electrons. The van der Waals surface area contributed by atoms with Crippen molar-refractivity contribution in [1.82, 2.24) is 5.32 Å². The van der Waals surface area contributed by atoms with Gasteiger partial charge in [-0.1, -0.05) is 38.7 Å². The van der Waals surface area contributed by atoms with Crippen LogP contribution in [0.4, 0.5) is 0 Å². The molecule has 1 rings (SSSR count). The summed E-state index contributed by atoms with van der Waals surface area (Å²) >= 11 is 0. The quantitative estimate of drug-likeness (QED) is 0.613. The molecule has 82 valence electrons. The summed E-state index contributed by atoms with van der Waals surface area (Å²) in [5.41, 5.74) is 0. The Bertz CT molecular complexity index is 147. The van der Waals surface area contributed by atoms with Crippen LogP contribution in [0.1, 0.15) is 51.9 Å². The van der Waals surface area contributed by atoms with Gasteiger partial charge in [-0.05, 0) is 31.7 Å². The van der Waals surface area contributed by atoms with E-state index in [0.29, 0.717) is 0 Å². The van der Waals surface area contributed by atoms with Gasteiger partial charge in [0.05, 0.1) is 0 Å². The van der Waals surface area contributed by atoms with E-state index in [0.717, 1.165) is 24.9 Å². The fraction of sp³-hybridized carbons (Fsp3) is 0.846. The monoisotopic (exact) mass is 195 g/mol. The van der Waals surface area contributed by atoms with E-state index in [1.165, 1.54) is 38.5 Å². The first-order chi connectivity index (χ1) is 6.86. The normalized spacial score (nSPS) is 19.8. The van der Waals surface area contributed by atoms with Crippen LogP contribution in [-0.2, 0) is 0 Å². The Labute approximate surface area is 89.0 Å². The third kappa shape index (κ3) is 4.28. The number of rotatable bonds is 7. The smallest absolute Gasteiger partial charge is 0.00725 e. The van der Waals surface area contributed by atoms with Crippen LogP contribution >= 0.6 is 0 Å². The van der Waals surface area contributed by atoms with E-state index in [4.69, 9.17) is 0 Å². The third-order valence-electron chi connectivity index (χ3n) is 3.30. The van der Waals surface area contributed by atoms with E-state index in [9.17, 15) is 0 Å². The van der Waals surface area contributed by atoms with Crippen LogP contribution in [-0.4, -0.2) is 12.6 Å². The Morgan fingerprint density at radius 3 is 2.71 bits per heavy atom. The Morgan fingerprint density at radius 1 is 1.43 bits per heavy atom. The first-order valence-corrected chi connectivity index (χ1v) is 6.21. The van der Waals surface area contributed by atoms with Crippen LogP contribution in [0.3, 0.4) is 0 Å². The van der Waals surface area contributed by atoms with E-state index < -0.39 is 0 Å². The number of hydrogen-bond acceptors (Lipinski definition) is 1. The maximum absolute atomic E-state index is 3.80. The highest BCUT2D eigenvalue weighted by molar-refractivity contribution is 4.78. The van der Waals surface area contributed by atoms with Crippen LogP contribution in [0.25, 0.3) is 0 Å². The minimum absolute atomic E-state index is 0.737.